The Morgan fingerprint density at radius 3 is 2.74 bits per heavy atom. The lowest BCUT2D eigenvalue weighted by molar-refractivity contribution is 0.280. The van der Waals surface area contributed by atoms with Gasteiger partial charge in [0.15, 0.2) is 0 Å². The lowest BCUT2D eigenvalue weighted by Gasteiger charge is -2.16. The Morgan fingerprint density at radius 1 is 1.16 bits per heavy atom. The van der Waals surface area contributed by atoms with Gasteiger partial charge in [-0.15, -0.1) is 0 Å². The predicted octanol–water partition coefficient (Wildman–Crippen LogP) is 1.81. The van der Waals surface area contributed by atoms with E-state index in [0.29, 0.717) is 11.3 Å². The Bertz CT molecular complexity index is 661. The maximum Gasteiger partial charge on any atom is 0.269 e. The van der Waals surface area contributed by atoms with E-state index >= 15 is 0 Å². The summed E-state index contributed by atoms with van der Waals surface area (Å²) < 4.78 is 0. The van der Waals surface area contributed by atoms with Crippen molar-refractivity contribution in [1.82, 2.24) is 10.2 Å². The standard InChI is InChI=1S/C15H16N2O2/c18-9-13-8-14(16-17-15(13)19)12-6-5-10-3-1-2-4-11(10)7-12/h5-8,18H,1-4,9H2,(H,17,19). The van der Waals surface area contributed by atoms with E-state index in [1.807, 2.05) is 6.07 Å². The number of aliphatic hydroxyl groups is 1. The van der Waals surface area contributed by atoms with Gasteiger partial charge in [-0.05, 0) is 48.9 Å². The number of aryl methyl sites for hydroxylation is 2. The van der Waals surface area contributed by atoms with Gasteiger partial charge in [0.1, 0.15) is 0 Å². The van der Waals surface area contributed by atoms with Crippen LogP contribution in [-0.2, 0) is 19.4 Å². The lowest BCUT2D eigenvalue weighted by atomic mass is 9.90. The Balaban J connectivity index is 2.04. The minimum Gasteiger partial charge on any atom is -0.391 e. The molecule has 19 heavy (non-hydrogen) atoms. The first-order chi connectivity index (χ1) is 9.28. The summed E-state index contributed by atoms with van der Waals surface area (Å²) in [4.78, 5) is 11.4. The fourth-order valence-electron chi connectivity index (χ4n) is 2.60. The normalized spacial score (nSPS) is 14.2. The molecule has 1 aromatic carbocycles. The Labute approximate surface area is 111 Å². The smallest absolute Gasteiger partial charge is 0.269 e. The molecule has 1 aliphatic carbocycles. The molecule has 2 N–H and O–H groups in total. The highest BCUT2D eigenvalue weighted by Crippen LogP contribution is 2.26. The maximum absolute atomic E-state index is 11.4. The quantitative estimate of drug-likeness (QED) is 0.861. The average molecular weight is 256 g/mol. The van der Waals surface area contributed by atoms with Gasteiger partial charge in [-0.2, -0.15) is 5.10 Å². The van der Waals surface area contributed by atoms with Crippen LogP contribution in [0.25, 0.3) is 11.3 Å². The van der Waals surface area contributed by atoms with Crippen LogP contribution < -0.4 is 5.56 Å². The van der Waals surface area contributed by atoms with Crippen LogP contribution >= 0.6 is 0 Å². The number of aromatic nitrogens is 2. The van der Waals surface area contributed by atoms with Crippen molar-refractivity contribution in [2.75, 3.05) is 0 Å². The monoisotopic (exact) mass is 256 g/mol. The van der Waals surface area contributed by atoms with Gasteiger partial charge in [-0.25, -0.2) is 5.10 Å². The van der Waals surface area contributed by atoms with E-state index in [2.05, 4.69) is 22.3 Å². The fourth-order valence-corrected chi connectivity index (χ4v) is 2.60. The molecule has 0 saturated heterocycles. The van der Waals surface area contributed by atoms with Crippen LogP contribution in [0, 0.1) is 0 Å². The zero-order chi connectivity index (χ0) is 13.2. The lowest BCUT2D eigenvalue weighted by Crippen LogP contribution is -2.14. The number of nitrogens with zero attached hydrogens (tertiary/aromatic N) is 1. The highest BCUT2D eigenvalue weighted by atomic mass is 16.3. The summed E-state index contributed by atoms with van der Waals surface area (Å²) in [6.45, 7) is -0.268. The highest BCUT2D eigenvalue weighted by Gasteiger charge is 2.11. The molecule has 0 saturated carbocycles. The summed E-state index contributed by atoms with van der Waals surface area (Å²) in [6, 6.07) is 7.99. The first-order valence-electron chi connectivity index (χ1n) is 6.59. The zero-order valence-electron chi connectivity index (χ0n) is 10.6. The molecule has 0 atom stereocenters. The molecule has 0 fully saturated rings. The van der Waals surface area contributed by atoms with Crippen LogP contribution in [0.15, 0.2) is 29.1 Å². The summed E-state index contributed by atoms with van der Waals surface area (Å²) in [6.07, 6.45) is 4.76. The van der Waals surface area contributed by atoms with Crippen LogP contribution in [0.1, 0.15) is 29.5 Å². The number of nitrogens with one attached hydrogen (secondary N) is 1. The van der Waals surface area contributed by atoms with Crippen molar-refractivity contribution in [3.05, 3.63) is 51.3 Å². The fraction of sp³-hybridized carbons (Fsp3) is 0.333. The third kappa shape index (κ3) is 2.31. The number of rotatable bonds is 2. The molecule has 1 heterocycles. The van der Waals surface area contributed by atoms with E-state index in [1.54, 1.807) is 6.07 Å². The molecule has 0 spiro atoms. The van der Waals surface area contributed by atoms with E-state index < -0.39 is 0 Å². The second kappa shape index (κ2) is 4.97. The summed E-state index contributed by atoms with van der Waals surface area (Å²) in [5.74, 6) is 0. The molecule has 0 bridgehead atoms. The van der Waals surface area contributed by atoms with Gasteiger partial charge in [0.2, 0.25) is 0 Å². The molecule has 0 amide bonds. The molecule has 0 aliphatic heterocycles. The van der Waals surface area contributed by atoms with Crippen LogP contribution in [0.2, 0.25) is 0 Å². The van der Waals surface area contributed by atoms with Gasteiger partial charge in [-0.3, -0.25) is 4.79 Å². The summed E-state index contributed by atoms with van der Waals surface area (Å²) >= 11 is 0. The molecule has 1 aliphatic rings. The SMILES string of the molecule is O=c1[nH]nc(-c2ccc3c(c2)CCCC3)cc1CO. The number of aliphatic hydroxyl groups excluding tert-OH is 1. The third-order valence-electron chi connectivity index (χ3n) is 3.70. The van der Waals surface area contributed by atoms with E-state index in [1.165, 1.54) is 24.0 Å². The van der Waals surface area contributed by atoms with Gasteiger partial charge in [0.25, 0.3) is 5.56 Å². The second-order valence-corrected chi connectivity index (χ2v) is 4.96. The maximum atomic E-state index is 11.4. The third-order valence-corrected chi connectivity index (χ3v) is 3.70. The van der Waals surface area contributed by atoms with Gasteiger partial charge >= 0.3 is 0 Å². The zero-order valence-corrected chi connectivity index (χ0v) is 10.6. The minimum atomic E-state index is -0.329. The summed E-state index contributed by atoms with van der Waals surface area (Å²) in [5.41, 5.74) is 4.51. The van der Waals surface area contributed by atoms with Gasteiger partial charge in [0, 0.05) is 11.1 Å². The van der Waals surface area contributed by atoms with Crippen molar-refractivity contribution < 1.29 is 5.11 Å². The van der Waals surface area contributed by atoms with E-state index in [9.17, 15) is 4.79 Å². The van der Waals surface area contributed by atoms with Gasteiger partial charge in [0.05, 0.1) is 12.3 Å². The largest absolute Gasteiger partial charge is 0.391 e. The molecule has 98 valence electrons. The van der Waals surface area contributed by atoms with Crippen molar-refractivity contribution >= 4 is 0 Å². The number of hydrogen-bond donors (Lipinski definition) is 2. The molecular formula is C15H16N2O2. The predicted molar refractivity (Wildman–Crippen MR) is 72.9 cm³/mol. The van der Waals surface area contributed by atoms with Crippen molar-refractivity contribution in [2.24, 2.45) is 0 Å². The number of fused-ring (bicyclic) bond motifs is 1. The first kappa shape index (κ1) is 12.1. The van der Waals surface area contributed by atoms with Crippen LogP contribution in [0.3, 0.4) is 0 Å². The Kier molecular flexibility index (Phi) is 3.17. The molecule has 0 radical (unpaired) electrons. The number of benzene rings is 1. The second-order valence-electron chi connectivity index (χ2n) is 4.96. The van der Waals surface area contributed by atoms with Crippen molar-refractivity contribution in [2.45, 2.75) is 32.3 Å². The highest BCUT2D eigenvalue weighted by molar-refractivity contribution is 5.61. The van der Waals surface area contributed by atoms with E-state index in [-0.39, 0.29) is 12.2 Å². The van der Waals surface area contributed by atoms with Crippen molar-refractivity contribution in [3.63, 3.8) is 0 Å². The van der Waals surface area contributed by atoms with E-state index in [0.717, 1.165) is 18.4 Å². The topological polar surface area (TPSA) is 66.0 Å². The van der Waals surface area contributed by atoms with E-state index in [4.69, 9.17) is 5.11 Å². The van der Waals surface area contributed by atoms with Crippen LogP contribution in [-0.4, -0.2) is 15.3 Å². The van der Waals surface area contributed by atoms with Crippen molar-refractivity contribution in [1.29, 1.82) is 0 Å². The van der Waals surface area contributed by atoms with Crippen molar-refractivity contribution in [3.8, 4) is 11.3 Å². The molecule has 4 nitrogen and oxygen atoms in total. The molecule has 2 aromatic rings. The average Bonchev–Trinajstić information content (AvgIpc) is 2.47. The van der Waals surface area contributed by atoms with Gasteiger partial charge in [-0.1, -0.05) is 12.1 Å². The van der Waals surface area contributed by atoms with Crippen LogP contribution in [0.4, 0.5) is 0 Å². The summed E-state index contributed by atoms with van der Waals surface area (Å²) in [5, 5.41) is 15.6. The van der Waals surface area contributed by atoms with Gasteiger partial charge < -0.3 is 5.11 Å². The summed E-state index contributed by atoms with van der Waals surface area (Å²) in [7, 11) is 0. The molecule has 4 heteroatoms. The first-order valence-corrected chi connectivity index (χ1v) is 6.59. The number of H-pyrrole nitrogens is 1. The number of aromatic amines is 1. The molecular weight excluding hydrogens is 240 g/mol. The van der Waals surface area contributed by atoms with Crippen LogP contribution in [0.5, 0.6) is 0 Å². The minimum absolute atomic E-state index is 0.268. The molecule has 0 unspecified atom stereocenters. The Hall–Kier alpha value is -1.94. The molecule has 3 rings (SSSR count). The number of hydrogen-bond acceptors (Lipinski definition) is 3. The molecule has 1 aromatic heterocycles. The Morgan fingerprint density at radius 2 is 1.95 bits per heavy atom.